The number of anilines is 1. The van der Waals surface area contributed by atoms with E-state index in [1.165, 1.54) is 5.56 Å². The molecule has 0 saturated carbocycles. The number of nitrogens with zero attached hydrogens (tertiary/aromatic N) is 2. The zero-order valence-electron chi connectivity index (χ0n) is 9.31. The third-order valence-electron chi connectivity index (χ3n) is 3.02. The van der Waals surface area contributed by atoms with Crippen molar-refractivity contribution in [2.75, 3.05) is 11.4 Å². The number of para-hydroxylation sites is 1. The first-order chi connectivity index (χ1) is 7.77. The lowest BCUT2D eigenvalue weighted by Crippen LogP contribution is -2.34. The predicted molar refractivity (Wildman–Crippen MR) is 61.9 cm³/mol. The van der Waals surface area contributed by atoms with E-state index >= 15 is 0 Å². The first kappa shape index (κ1) is 10.7. The quantitative estimate of drug-likeness (QED) is 0.757. The molecule has 1 amide bonds. The van der Waals surface area contributed by atoms with E-state index in [1.807, 2.05) is 31.2 Å². The van der Waals surface area contributed by atoms with Crippen molar-refractivity contribution >= 4 is 11.6 Å². The van der Waals surface area contributed by atoms with Gasteiger partial charge in [0, 0.05) is 12.2 Å². The number of fused-ring (bicyclic) bond motifs is 1. The summed E-state index contributed by atoms with van der Waals surface area (Å²) >= 11 is 0. The molecule has 16 heavy (non-hydrogen) atoms. The number of carbonyl (C=O) groups excluding carboxylic acids is 1. The first-order valence-corrected chi connectivity index (χ1v) is 5.56. The highest BCUT2D eigenvalue weighted by atomic mass is 16.2. The van der Waals surface area contributed by atoms with Crippen molar-refractivity contribution in [2.45, 2.75) is 19.8 Å². The second-order valence-corrected chi connectivity index (χ2v) is 3.96. The summed E-state index contributed by atoms with van der Waals surface area (Å²) in [5, 5.41) is 8.91. The summed E-state index contributed by atoms with van der Waals surface area (Å²) in [6.45, 7) is 2.57. The average Bonchev–Trinajstić information content (AvgIpc) is 2.74. The molecule has 3 nitrogen and oxygen atoms in total. The lowest BCUT2D eigenvalue weighted by atomic mass is 10.1. The van der Waals surface area contributed by atoms with Crippen LogP contribution in [0.15, 0.2) is 24.3 Å². The Balaban J connectivity index is 2.26. The van der Waals surface area contributed by atoms with Gasteiger partial charge in [-0.15, -0.1) is 0 Å². The Morgan fingerprint density at radius 1 is 1.56 bits per heavy atom. The molecule has 0 fully saturated rings. The third-order valence-corrected chi connectivity index (χ3v) is 3.02. The highest BCUT2D eigenvalue weighted by Gasteiger charge is 2.28. The minimum atomic E-state index is -0.508. The maximum atomic E-state index is 12.1. The number of benzene rings is 1. The van der Waals surface area contributed by atoms with E-state index in [4.69, 9.17) is 5.26 Å². The largest absolute Gasteiger partial charge is 0.311 e. The Kier molecular flexibility index (Phi) is 2.91. The van der Waals surface area contributed by atoms with Crippen LogP contribution in [0.5, 0.6) is 0 Å². The van der Waals surface area contributed by atoms with Crippen LogP contribution in [-0.2, 0) is 11.2 Å². The molecule has 0 radical (unpaired) electrons. The zero-order chi connectivity index (χ0) is 11.5. The van der Waals surface area contributed by atoms with Gasteiger partial charge in [-0.05, 0) is 24.5 Å². The maximum absolute atomic E-state index is 12.1. The fraction of sp³-hybridized carbons (Fsp3) is 0.385. The summed E-state index contributed by atoms with van der Waals surface area (Å²) in [6.07, 6.45) is 1.47. The number of hydrogen-bond donors (Lipinski definition) is 0. The van der Waals surface area contributed by atoms with E-state index in [9.17, 15) is 4.79 Å². The molecule has 0 bridgehead atoms. The topological polar surface area (TPSA) is 44.1 Å². The van der Waals surface area contributed by atoms with Gasteiger partial charge in [-0.25, -0.2) is 0 Å². The van der Waals surface area contributed by atoms with Gasteiger partial charge in [0.25, 0.3) is 0 Å². The normalized spacial score (nSPS) is 15.4. The Labute approximate surface area is 95.3 Å². The number of hydrogen-bond acceptors (Lipinski definition) is 2. The lowest BCUT2D eigenvalue weighted by molar-refractivity contribution is -0.120. The van der Waals surface area contributed by atoms with Gasteiger partial charge in [0.2, 0.25) is 5.91 Å². The van der Waals surface area contributed by atoms with Gasteiger partial charge in [-0.2, -0.15) is 5.26 Å². The van der Waals surface area contributed by atoms with Crippen molar-refractivity contribution in [3.05, 3.63) is 29.8 Å². The highest BCUT2D eigenvalue weighted by Crippen LogP contribution is 2.28. The van der Waals surface area contributed by atoms with Gasteiger partial charge >= 0.3 is 0 Å². The summed E-state index contributed by atoms with van der Waals surface area (Å²) < 4.78 is 0. The molecular formula is C13H14N2O. The first-order valence-electron chi connectivity index (χ1n) is 5.56. The molecular weight excluding hydrogens is 200 g/mol. The molecule has 1 atom stereocenters. The Bertz CT molecular complexity index is 447. The summed E-state index contributed by atoms with van der Waals surface area (Å²) in [7, 11) is 0. The molecule has 0 saturated heterocycles. The van der Waals surface area contributed by atoms with Crippen LogP contribution in [0.4, 0.5) is 5.69 Å². The number of amides is 1. The molecule has 0 aromatic heterocycles. The molecule has 1 heterocycles. The Hall–Kier alpha value is -1.82. The Morgan fingerprint density at radius 2 is 2.31 bits per heavy atom. The van der Waals surface area contributed by atoms with E-state index in [1.54, 1.807) is 4.90 Å². The molecule has 1 unspecified atom stereocenters. The van der Waals surface area contributed by atoms with Crippen LogP contribution < -0.4 is 4.90 Å². The minimum absolute atomic E-state index is 0.0602. The summed E-state index contributed by atoms with van der Waals surface area (Å²) in [5.74, 6) is -0.568. The van der Waals surface area contributed by atoms with Crippen LogP contribution in [0.25, 0.3) is 0 Å². The number of rotatable bonds is 2. The lowest BCUT2D eigenvalue weighted by Gasteiger charge is -2.19. The van der Waals surface area contributed by atoms with Crippen LogP contribution in [-0.4, -0.2) is 12.5 Å². The number of carbonyl (C=O) groups is 1. The molecule has 1 aromatic carbocycles. The monoisotopic (exact) mass is 214 g/mol. The van der Waals surface area contributed by atoms with Crippen LogP contribution >= 0.6 is 0 Å². The molecule has 2 rings (SSSR count). The standard InChI is InChI=1S/C13H14N2O/c1-2-10(9-14)13(16)15-8-7-11-5-3-4-6-12(11)15/h3-6,10H,2,7-8H2,1H3. The third kappa shape index (κ3) is 1.67. The van der Waals surface area contributed by atoms with Gasteiger partial charge < -0.3 is 4.90 Å². The zero-order valence-corrected chi connectivity index (χ0v) is 9.31. The molecule has 0 spiro atoms. The second-order valence-electron chi connectivity index (χ2n) is 3.96. The fourth-order valence-corrected chi connectivity index (χ4v) is 2.08. The van der Waals surface area contributed by atoms with E-state index in [0.717, 1.165) is 12.1 Å². The second kappa shape index (κ2) is 4.36. The van der Waals surface area contributed by atoms with Crippen molar-refractivity contribution in [2.24, 2.45) is 5.92 Å². The van der Waals surface area contributed by atoms with Gasteiger partial charge in [0.05, 0.1) is 6.07 Å². The van der Waals surface area contributed by atoms with Crippen molar-refractivity contribution in [3.8, 4) is 6.07 Å². The summed E-state index contributed by atoms with van der Waals surface area (Å²) in [5.41, 5.74) is 2.17. The Morgan fingerprint density at radius 3 is 3.00 bits per heavy atom. The summed E-state index contributed by atoms with van der Waals surface area (Å²) in [4.78, 5) is 13.8. The van der Waals surface area contributed by atoms with Crippen molar-refractivity contribution < 1.29 is 4.79 Å². The van der Waals surface area contributed by atoms with Gasteiger partial charge in [0.15, 0.2) is 0 Å². The molecule has 0 N–H and O–H groups in total. The molecule has 0 aliphatic carbocycles. The highest BCUT2D eigenvalue weighted by molar-refractivity contribution is 5.98. The van der Waals surface area contributed by atoms with Gasteiger partial charge in [-0.1, -0.05) is 25.1 Å². The van der Waals surface area contributed by atoms with Crippen LogP contribution in [0.3, 0.4) is 0 Å². The fourth-order valence-electron chi connectivity index (χ4n) is 2.08. The molecule has 3 heteroatoms. The predicted octanol–water partition coefficient (Wildman–Crippen LogP) is 2.13. The van der Waals surface area contributed by atoms with Crippen LogP contribution in [0.1, 0.15) is 18.9 Å². The molecule has 1 aliphatic rings. The molecule has 82 valence electrons. The maximum Gasteiger partial charge on any atom is 0.244 e. The van der Waals surface area contributed by atoms with E-state index in [2.05, 4.69) is 6.07 Å². The van der Waals surface area contributed by atoms with Crippen molar-refractivity contribution in [1.29, 1.82) is 5.26 Å². The molecule has 1 aliphatic heterocycles. The minimum Gasteiger partial charge on any atom is -0.311 e. The van der Waals surface area contributed by atoms with E-state index in [0.29, 0.717) is 13.0 Å². The van der Waals surface area contributed by atoms with Gasteiger partial charge in [0.1, 0.15) is 5.92 Å². The number of nitriles is 1. The summed E-state index contributed by atoms with van der Waals surface area (Å²) in [6, 6.07) is 9.96. The smallest absolute Gasteiger partial charge is 0.244 e. The van der Waals surface area contributed by atoms with Crippen molar-refractivity contribution in [3.63, 3.8) is 0 Å². The van der Waals surface area contributed by atoms with Crippen LogP contribution in [0, 0.1) is 17.2 Å². The van der Waals surface area contributed by atoms with Crippen molar-refractivity contribution in [1.82, 2.24) is 0 Å². The van der Waals surface area contributed by atoms with E-state index < -0.39 is 5.92 Å². The molecule has 1 aromatic rings. The average molecular weight is 214 g/mol. The van der Waals surface area contributed by atoms with Crippen LogP contribution in [0.2, 0.25) is 0 Å². The van der Waals surface area contributed by atoms with E-state index in [-0.39, 0.29) is 5.91 Å². The van der Waals surface area contributed by atoms with Gasteiger partial charge in [-0.3, -0.25) is 4.79 Å². The SMILES string of the molecule is CCC(C#N)C(=O)N1CCc2ccccc21.